The molecule has 1 heterocycles. The van der Waals surface area contributed by atoms with Gasteiger partial charge in [0.15, 0.2) is 5.13 Å². The van der Waals surface area contributed by atoms with Crippen LogP contribution in [0.4, 0.5) is 9.52 Å². The van der Waals surface area contributed by atoms with E-state index in [1.54, 1.807) is 6.07 Å². The van der Waals surface area contributed by atoms with Crippen LogP contribution in [0.1, 0.15) is 10.4 Å². The van der Waals surface area contributed by atoms with Crippen molar-refractivity contribution in [3.8, 4) is 11.3 Å². The summed E-state index contributed by atoms with van der Waals surface area (Å²) in [5.74, 6) is -0.821. The monoisotopic (exact) mass is 376 g/mol. The van der Waals surface area contributed by atoms with Gasteiger partial charge in [0, 0.05) is 21.0 Å². The van der Waals surface area contributed by atoms with Gasteiger partial charge in [0.05, 0.1) is 5.69 Å². The van der Waals surface area contributed by atoms with Gasteiger partial charge in [-0.25, -0.2) is 9.37 Å². The SMILES string of the molecule is O=C(Nc1nc(-c2ccc(Br)cc2)cs1)c1cccc(F)c1. The zero-order chi connectivity index (χ0) is 15.5. The van der Waals surface area contributed by atoms with Crippen LogP contribution in [0.25, 0.3) is 11.3 Å². The first-order chi connectivity index (χ1) is 10.6. The average molecular weight is 377 g/mol. The molecule has 1 aromatic heterocycles. The van der Waals surface area contributed by atoms with Crippen molar-refractivity contribution in [2.75, 3.05) is 5.32 Å². The molecule has 22 heavy (non-hydrogen) atoms. The highest BCUT2D eigenvalue weighted by molar-refractivity contribution is 9.10. The molecule has 0 fully saturated rings. The number of nitrogens with zero attached hydrogens (tertiary/aromatic N) is 1. The molecule has 0 aliphatic rings. The lowest BCUT2D eigenvalue weighted by atomic mass is 10.2. The van der Waals surface area contributed by atoms with Gasteiger partial charge in [-0.15, -0.1) is 11.3 Å². The van der Waals surface area contributed by atoms with Gasteiger partial charge < -0.3 is 0 Å². The molecular formula is C16H10BrFN2OS. The number of amides is 1. The van der Waals surface area contributed by atoms with Crippen molar-refractivity contribution in [1.82, 2.24) is 4.98 Å². The second-order valence-corrected chi connectivity index (χ2v) is 6.28. The normalized spacial score (nSPS) is 10.5. The molecule has 0 radical (unpaired) electrons. The Balaban J connectivity index is 1.77. The number of halogens is 2. The summed E-state index contributed by atoms with van der Waals surface area (Å²) in [6, 6.07) is 13.3. The maximum absolute atomic E-state index is 13.1. The molecule has 0 bridgehead atoms. The number of benzene rings is 2. The number of hydrogen-bond acceptors (Lipinski definition) is 3. The van der Waals surface area contributed by atoms with Gasteiger partial charge in [-0.3, -0.25) is 10.1 Å². The Bertz CT molecular complexity index is 817. The maximum atomic E-state index is 13.1. The van der Waals surface area contributed by atoms with Gasteiger partial charge in [0.25, 0.3) is 5.91 Å². The summed E-state index contributed by atoms with van der Waals surface area (Å²) in [5, 5.41) is 5.02. The first-order valence-corrected chi connectivity index (χ1v) is 8.07. The number of rotatable bonds is 3. The van der Waals surface area contributed by atoms with Gasteiger partial charge in [-0.2, -0.15) is 0 Å². The highest BCUT2D eigenvalue weighted by Crippen LogP contribution is 2.26. The summed E-state index contributed by atoms with van der Waals surface area (Å²) >= 11 is 4.71. The molecule has 0 aliphatic heterocycles. The van der Waals surface area contributed by atoms with Crippen LogP contribution in [0.3, 0.4) is 0 Å². The van der Waals surface area contributed by atoms with Crippen LogP contribution in [-0.4, -0.2) is 10.9 Å². The molecule has 0 saturated heterocycles. The molecule has 2 aromatic carbocycles. The number of nitrogens with one attached hydrogen (secondary N) is 1. The Morgan fingerprint density at radius 3 is 2.68 bits per heavy atom. The highest BCUT2D eigenvalue weighted by Gasteiger charge is 2.10. The number of aromatic nitrogens is 1. The van der Waals surface area contributed by atoms with Gasteiger partial charge in [-0.1, -0.05) is 34.1 Å². The summed E-state index contributed by atoms with van der Waals surface area (Å²) in [4.78, 5) is 16.4. The predicted octanol–water partition coefficient (Wildman–Crippen LogP) is 4.96. The zero-order valence-electron chi connectivity index (χ0n) is 11.2. The molecule has 0 unspecified atom stereocenters. The molecular weight excluding hydrogens is 367 g/mol. The molecule has 0 spiro atoms. The Kier molecular flexibility index (Phi) is 4.31. The minimum atomic E-state index is -0.442. The van der Waals surface area contributed by atoms with E-state index < -0.39 is 5.82 Å². The standard InChI is InChI=1S/C16H10BrFN2OS/c17-12-6-4-10(5-7-12)14-9-22-16(19-14)20-15(21)11-2-1-3-13(18)8-11/h1-9H,(H,19,20,21). The Morgan fingerprint density at radius 2 is 1.95 bits per heavy atom. The van der Waals surface area contributed by atoms with E-state index in [1.807, 2.05) is 29.6 Å². The van der Waals surface area contributed by atoms with Crippen LogP contribution in [0.15, 0.2) is 58.4 Å². The van der Waals surface area contributed by atoms with Crippen LogP contribution < -0.4 is 5.32 Å². The minimum Gasteiger partial charge on any atom is -0.298 e. The van der Waals surface area contributed by atoms with Crippen LogP contribution in [0, 0.1) is 5.82 Å². The van der Waals surface area contributed by atoms with E-state index in [9.17, 15) is 9.18 Å². The van der Waals surface area contributed by atoms with Crippen molar-refractivity contribution >= 4 is 38.3 Å². The van der Waals surface area contributed by atoms with E-state index in [4.69, 9.17) is 0 Å². The Morgan fingerprint density at radius 1 is 1.18 bits per heavy atom. The third-order valence-electron chi connectivity index (χ3n) is 2.95. The number of anilines is 1. The second-order valence-electron chi connectivity index (χ2n) is 4.51. The number of hydrogen-bond donors (Lipinski definition) is 1. The Labute approximate surface area is 139 Å². The quantitative estimate of drug-likeness (QED) is 0.701. The first kappa shape index (κ1) is 14.9. The van der Waals surface area contributed by atoms with Crippen molar-refractivity contribution < 1.29 is 9.18 Å². The molecule has 3 rings (SSSR count). The fourth-order valence-corrected chi connectivity index (χ4v) is 2.86. The molecule has 0 aliphatic carbocycles. The smallest absolute Gasteiger partial charge is 0.257 e. The fourth-order valence-electron chi connectivity index (χ4n) is 1.88. The number of thiazole rings is 1. The van der Waals surface area contributed by atoms with Crippen LogP contribution in [0.2, 0.25) is 0 Å². The van der Waals surface area contributed by atoms with Crippen molar-refractivity contribution in [2.24, 2.45) is 0 Å². The lowest BCUT2D eigenvalue weighted by Crippen LogP contribution is -2.11. The van der Waals surface area contributed by atoms with E-state index in [0.717, 1.165) is 15.7 Å². The van der Waals surface area contributed by atoms with Gasteiger partial charge in [-0.05, 0) is 30.3 Å². The minimum absolute atomic E-state index is 0.264. The van der Waals surface area contributed by atoms with E-state index in [2.05, 4.69) is 26.2 Å². The lowest BCUT2D eigenvalue weighted by molar-refractivity contribution is 0.102. The van der Waals surface area contributed by atoms with Crippen molar-refractivity contribution in [2.45, 2.75) is 0 Å². The van der Waals surface area contributed by atoms with Gasteiger partial charge in [0.1, 0.15) is 5.82 Å². The van der Waals surface area contributed by atoms with Crippen molar-refractivity contribution in [3.63, 3.8) is 0 Å². The zero-order valence-corrected chi connectivity index (χ0v) is 13.6. The van der Waals surface area contributed by atoms with Crippen LogP contribution in [0.5, 0.6) is 0 Å². The fraction of sp³-hybridized carbons (Fsp3) is 0. The lowest BCUT2D eigenvalue weighted by Gasteiger charge is -2.01. The first-order valence-electron chi connectivity index (χ1n) is 6.40. The van der Waals surface area contributed by atoms with E-state index in [1.165, 1.54) is 29.5 Å². The van der Waals surface area contributed by atoms with E-state index >= 15 is 0 Å². The predicted molar refractivity (Wildman–Crippen MR) is 89.6 cm³/mol. The molecule has 1 amide bonds. The maximum Gasteiger partial charge on any atom is 0.257 e. The summed E-state index contributed by atoms with van der Waals surface area (Å²) in [7, 11) is 0. The number of carbonyl (C=O) groups is 1. The van der Waals surface area contributed by atoms with Crippen LogP contribution in [-0.2, 0) is 0 Å². The molecule has 3 nitrogen and oxygen atoms in total. The molecule has 6 heteroatoms. The summed E-state index contributed by atoms with van der Waals surface area (Å²) in [6.45, 7) is 0. The molecule has 0 saturated carbocycles. The summed E-state index contributed by atoms with van der Waals surface area (Å²) < 4.78 is 14.1. The topological polar surface area (TPSA) is 42.0 Å². The second kappa shape index (κ2) is 6.37. The van der Waals surface area contributed by atoms with Crippen molar-refractivity contribution in [3.05, 3.63) is 69.8 Å². The Hall–Kier alpha value is -2.05. The number of carbonyl (C=O) groups excluding carboxylic acids is 1. The van der Waals surface area contributed by atoms with Gasteiger partial charge >= 0.3 is 0 Å². The average Bonchev–Trinajstić information content (AvgIpc) is 2.96. The molecule has 110 valence electrons. The molecule has 0 atom stereocenters. The largest absolute Gasteiger partial charge is 0.298 e. The van der Waals surface area contributed by atoms with E-state index in [-0.39, 0.29) is 11.5 Å². The summed E-state index contributed by atoms with van der Waals surface area (Å²) in [5.41, 5.74) is 2.01. The van der Waals surface area contributed by atoms with Crippen LogP contribution >= 0.6 is 27.3 Å². The van der Waals surface area contributed by atoms with E-state index in [0.29, 0.717) is 5.13 Å². The van der Waals surface area contributed by atoms with Gasteiger partial charge in [0.2, 0.25) is 0 Å². The highest BCUT2D eigenvalue weighted by atomic mass is 79.9. The third-order valence-corrected chi connectivity index (χ3v) is 4.24. The molecule has 1 N–H and O–H groups in total. The summed E-state index contributed by atoms with van der Waals surface area (Å²) in [6.07, 6.45) is 0. The molecule has 3 aromatic rings. The third kappa shape index (κ3) is 3.40. The van der Waals surface area contributed by atoms with Crippen molar-refractivity contribution in [1.29, 1.82) is 0 Å².